The van der Waals surface area contributed by atoms with E-state index < -0.39 is 5.60 Å². The second-order valence-electron chi connectivity index (χ2n) is 7.81. The summed E-state index contributed by atoms with van der Waals surface area (Å²) in [6, 6.07) is 0. The zero-order valence-electron chi connectivity index (χ0n) is 16.8. The molecule has 26 heavy (non-hydrogen) atoms. The summed E-state index contributed by atoms with van der Waals surface area (Å²) in [7, 11) is 1.41. The van der Waals surface area contributed by atoms with E-state index in [0.29, 0.717) is 18.8 Å². The van der Waals surface area contributed by atoms with Gasteiger partial charge in [-0.1, -0.05) is 50.5 Å². The Morgan fingerprint density at radius 1 is 1.23 bits per heavy atom. The van der Waals surface area contributed by atoms with Gasteiger partial charge in [0.2, 0.25) is 0 Å². The fourth-order valence-electron chi connectivity index (χ4n) is 3.70. The van der Waals surface area contributed by atoms with Crippen LogP contribution < -0.4 is 0 Å². The molecule has 0 spiro atoms. The van der Waals surface area contributed by atoms with Crippen molar-refractivity contribution in [3.8, 4) is 0 Å². The highest BCUT2D eigenvalue weighted by atomic mass is 16.5. The van der Waals surface area contributed by atoms with E-state index in [4.69, 9.17) is 0 Å². The summed E-state index contributed by atoms with van der Waals surface area (Å²) < 4.78 is 4.62. The molecule has 0 heterocycles. The van der Waals surface area contributed by atoms with Gasteiger partial charge in [0.05, 0.1) is 18.8 Å². The number of carbonyl (C=O) groups is 1. The van der Waals surface area contributed by atoms with Crippen LogP contribution in [-0.2, 0) is 9.53 Å². The number of aliphatic hydroxyl groups excluding tert-OH is 1. The Labute approximate surface area is 159 Å². The molecule has 4 unspecified atom stereocenters. The molecule has 0 radical (unpaired) electrons. The van der Waals surface area contributed by atoms with Crippen LogP contribution in [0.5, 0.6) is 0 Å². The third-order valence-corrected chi connectivity index (χ3v) is 5.41. The van der Waals surface area contributed by atoms with Crippen LogP contribution in [0, 0.1) is 11.8 Å². The Bertz CT molecular complexity index is 453. The normalized spacial score (nSPS) is 25.8. The van der Waals surface area contributed by atoms with Crippen molar-refractivity contribution in [2.45, 2.75) is 89.8 Å². The molecule has 1 rings (SSSR count). The molecule has 1 fully saturated rings. The second kappa shape index (κ2) is 12.3. The van der Waals surface area contributed by atoms with Gasteiger partial charge in [-0.25, -0.2) is 0 Å². The summed E-state index contributed by atoms with van der Waals surface area (Å²) in [4.78, 5) is 11.1. The maximum atomic E-state index is 11.1. The predicted molar refractivity (Wildman–Crippen MR) is 106 cm³/mol. The molecule has 0 aromatic rings. The summed E-state index contributed by atoms with van der Waals surface area (Å²) in [5.41, 5.74) is -0.749. The lowest BCUT2D eigenvalue weighted by atomic mass is 9.88. The fourth-order valence-corrected chi connectivity index (χ4v) is 3.70. The molecule has 150 valence electrons. The fraction of sp³-hybridized carbons (Fsp3) is 0.773. The summed E-state index contributed by atoms with van der Waals surface area (Å²) in [6.07, 6.45) is 16.9. The molecule has 1 aliphatic rings. The third kappa shape index (κ3) is 9.00. The van der Waals surface area contributed by atoms with Crippen LogP contribution in [0.1, 0.15) is 78.1 Å². The van der Waals surface area contributed by atoms with Crippen molar-refractivity contribution in [2.75, 3.05) is 7.11 Å². The molecule has 1 aliphatic carbocycles. The summed E-state index contributed by atoms with van der Waals surface area (Å²) >= 11 is 0. The summed E-state index contributed by atoms with van der Waals surface area (Å²) in [6.45, 7) is 4.04. The van der Waals surface area contributed by atoms with E-state index in [1.807, 2.05) is 19.1 Å². The molecule has 0 aromatic carbocycles. The molecule has 2 N–H and O–H groups in total. The molecule has 0 aromatic heterocycles. The number of unbranched alkanes of at least 4 members (excludes halogenated alkanes) is 2. The van der Waals surface area contributed by atoms with Crippen molar-refractivity contribution in [1.82, 2.24) is 0 Å². The van der Waals surface area contributed by atoms with Crippen molar-refractivity contribution in [1.29, 1.82) is 0 Å². The maximum absolute atomic E-state index is 11.1. The Kier molecular flexibility index (Phi) is 10.8. The van der Waals surface area contributed by atoms with E-state index in [1.165, 1.54) is 7.11 Å². The number of hydrogen-bond acceptors (Lipinski definition) is 4. The topological polar surface area (TPSA) is 66.8 Å². The summed E-state index contributed by atoms with van der Waals surface area (Å²) in [5, 5.41) is 20.8. The molecule has 4 heteroatoms. The van der Waals surface area contributed by atoms with Gasteiger partial charge in [0, 0.05) is 6.42 Å². The molecular weight excluding hydrogens is 328 g/mol. The second-order valence-corrected chi connectivity index (χ2v) is 7.81. The number of allylic oxidation sites excluding steroid dienone is 3. The highest BCUT2D eigenvalue weighted by Crippen LogP contribution is 2.37. The van der Waals surface area contributed by atoms with E-state index >= 15 is 0 Å². The first-order valence-electron chi connectivity index (χ1n) is 10.2. The minimum absolute atomic E-state index is 0.183. The van der Waals surface area contributed by atoms with Crippen LogP contribution in [0.4, 0.5) is 0 Å². The van der Waals surface area contributed by atoms with Crippen molar-refractivity contribution < 1.29 is 19.7 Å². The van der Waals surface area contributed by atoms with Crippen LogP contribution >= 0.6 is 0 Å². The van der Waals surface area contributed by atoms with Gasteiger partial charge in [0.1, 0.15) is 0 Å². The highest BCUT2D eigenvalue weighted by molar-refractivity contribution is 5.69. The van der Waals surface area contributed by atoms with Crippen molar-refractivity contribution in [2.24, 2.45) is 11.8 Å². The van der Waals surface area contributed by atoms with Crippen LogP contribution in [0.2, 0.25) is 0 Å². The Hall–Kier alpha value is -1.13. The first-order valence-corrected chi connectivity index (χ1v) is 10.2. The molecule has 4 atom stereocenters. The first-order chi connectivity index (χ1) is 12.4. The molecule has 0 bridgehead atoms. The molecule has 1 saturated carbocycles. The maximum Gasteiger partial charge on any atom is 0.305 e. The van der Waals surface area contributed by atoms with Gasteiger partial charge in [0.25, 0.3) is 0 Å². The number of methoxy groups -OCH3 is 1. The van der Waals surface area contributed by atoms with Gasteiger partial charge in [-0.15, -0.1) is 0 Å². The Morgan fingerprint density at radius 3 is 2.65 bits per heavy atom. The average molecular weight is 367 g/mol. The standard InChI is InChI=1S/C22H38O4/c1-4-5-10-16-22(2,25)17-15-18-13-14-20(23)19(18)11-8-6-7-9-12-21(24)26-3/h6-7,15,17-20,23,25H,4-5,8-14,16H2,1-3H3/b7-6+,17-15-. The van der Waals surface area contributed by atoms with E-state index in [2.05, 4.69) is 23.8 Å². The minimum atomic E-state index is -0.749. The van der Waals surface area contributed by atoms with E-state index in [-0.39, 0.29) is 18.0 Å². The largest absolute Gasteiger partial charge is 0.469 e. The smallest absolute Gasteiger partial charge is 0.305 e. The number of esters is 1. The quantitative estimate of drug-likeness (QED) is 0.302. The molecule has 4 nitrogen and oxygen atoms in total. The molecule has 0 saturated heterocycles. The van der Waals surface area contributed by atoms with Crippen LogP contribution in [-0.4, -0.2) is 35.0 Å². The number of rotatable bonds is 12. The van der Waals surface area contributed by atoms with Crippen molar-refractivity contribution in [3.63, 3.8) is 0 Å². The average Bonchev–Trinajstić information content (AvgIpc) is 2.96. The number of hydrogen-bond donors (Lipinski definition) is 2. The first kappa shape index (κ1) is 22.9. The number of ether oxygens (including phenoxy) is 1. The number of carbonyl (C=O) groups excluding carboxylic acids is 1. The monoisotopic (exact) mass is 366 g/mol. The lowest BCUT2D eigenvalue weighted by Gasteiger charge is -2.22. The van der Waals surface area contributed by atoms with Crippen LogP contribution in [0.3, 0.4) is 0 Å². The minimum Gasteiger partial charge on any atom is -0.469 e. The van der Waals surface area contributed by atoms with E-state index in [1.54, 1.807) is 0 Å². The summed E-state index contributed by atoms with van der Waals surface area (Å²) in [5.74, 6) is 0.408. The van der Waals surface area contributed by atoms with Gasteiger partial charge < -0.3 is 14.9 Å². The highest BCUT2D eigenvalue weighted by Gasteiger charge is 2.33. The molecule has 0 amide bonds. The Balaban J connectivity index is 2.42. The van der Waals surface area contributed by atoms with Gasteiger partial charge in [-0.2, -0.15) is 0 Å². The van der Waals surface area contributed by atoms with Crippen molar-refractivity contribution in [3.05, 3.63) is 24.3 Å². The zero-order valence-corrected chi connectivity index (χ0v) is 16.8. The predicted octanol–water partition coefficient (Wildman–Crippen LogP) is 4.55. The Morgan fingerprint density at radius 2 is 1.96 bits per heavy atom. The van der Waals surface area contributed by atoms with Gasteiger partial charge in [-0.05, 0) is 57.3 Å². The van der Waals surface area contributed by atoms with E-state index in [0.717, 1.165) is 51.4 Å². The van der Waals surface area contributed by atoms with E-state index in [9.17, 15) is 15.0 Å². The van der Waals surface area contributed by atoms with Crippen LogP contribution in [0.15, 0.2) is 24.3 Å². The van der Waals surface area contributed by atoms with Gasteiger partial charge >= 0.3 is 5.97 Å². The van der Waals surface area contributed by atoms with Gasteiger partial charge in [0.15, 0.2) is 0 Å². The van der Waals surface area contributed by atoms with Gasteiger partial charge in [-0.3, -0.25) is 4.79 Å². The van der Waals surface area contributed by atoms with Crippen LogP contribution in [0.25, 0.3) is 0 Å². The third-order valence-electron chi connectivity index (χ3n) is 5.41. The molecular formula is C22H38O4. The number of aliphatic hydroxyl groups is 2. The van der Waals surface area contributed by atoms with Crippen molar-refractivity contribution >= 4 is 5.97 Å². The lowest BCUT2D eigenvalue weighted by molar-refractivity contribution is -0.140. The lowest BCUT2D eigenvalue weighted by Crippen LogP contribution is -2.22. The molecule has 0 aliphatic heterocycles. The SMILES string of the molecule is CCCCCC(C)(O)/C=C\C1CCC(O)C1CC/C=C/CCC(=O)OC. The zero-order chi connectivity index (χ0) is 19.4.